The molecule has 2 aromatic rings. The summed E-state index contributed by atoms with van der Waals surface area (Å²) in [6, 6.07) is 7.50. The van der Waals surface area contributed by atoms with Gasteiger partial charge in [0.05, 0.1) is 6.10 Å². The molecule has 2 fully saturated rings. The normalized spacial score (nSPS) is 25.2. The smallest absolute Gasteiger partial charge is 0.161 e. The van der Waals surface area contributed by atoms with Gasteiger partial charge in [0.25, 0.3) is 0 Å². The molecule has 5 rings (SSSR count). The van der Waals surface area contributed by atoms with Gasteiger partial charge in [-0.25, -0.2) is 9.97 Å². The van der Waals surface area contributed by atoms with Gasteiger partial charge >= 0.3 is 0 Å². The number of hydrogen-bond acceptors (Lipinski definition) is 5. The summed E-state index contributed by atoms with van der Waals surface area (Å²) in [4.78, 5) is 14.8. The third-order valence-corrected chi connectivity index (χ3v) is 8.76. The third kappa shape index (κ3) is 4.49. The number of benzene rings is 1. The summed E-state index contributed by atoms with van der Waals surface area (Å²) in [5.74, 6) is 1.92. The largest absolute Gasteiger partial charge is 0.392 e. The van der Waals surface area contributed by atoms with Crippen molar-refractivity contribution in [2.24, 2.45) is 0 Å². The minimum absolute atomic E-state index is 0.148. The van der Waals surface area contributed by atoms with E-state index in [-0.39, 0.29) is 16.9 Å². The van der Waals surface area contributed by atoms with Crippen molar-refractivity contribution in [3.8, 4) is 11.4 Å². The molecule has 1 aliphatic carbocycles. The highest BCUT2D eigenvalue weighted by Gasteiger charge is 2.37. The molecule has 34 heavy (non-hydrogen) atoms. The number of β-amino-alcohol motifs (C(OH)–C–C–N with tert-alkyl or cyclic N) is 1. The van der Waals surface area contributed by atoms with E-state index in [4.69, 9.17) is 9.97 Å². The summed E-state index contributed by atoms with van der Waals surface area (Å²) >= 11 is 0. The molecule has 3 heterocycles. The number of fused-ring (bicyclic) bond motifs is 1. The Kier molecular flexibility index (Phi) is 6.22. The van der Waals surface area contributed by atoms with E-state index in [1.807, 2.05) is 6.20 Å². The Hall–Kier alpha value is -1.98. The number of aliphatic hydroxyl groups excluding tert-OH is 1. The molecule has 1 aromatic heterocycles. The van der Waals surface area contributed by atoms with Crippen molar-refractivity contribution in [1.29, 1.82) is 0 Å². The van der Waals surface area contributed by atoms with Crippen molar-refractivity contribution in [1.82, 2.24) is 14.9 Å². The van der Waals surface area contributed by atoms with Crippen LogP contribution in [-0.2, 0) is 10.8 Å². The van der Waals surface area contributed by atoms with E-state index >= 15 is 0 Å². The minimum atomic E-state index is -0.148. The number of aryl methyl sites for hydroxylation is 1. The summed E-state index contributed by atoms with van der Waals surface area (Å²) in [6.45, 7) is 15.6. The molecule has 2 aliphatic heterocycles. The maximum absolute atomic E-state index is 10.1. The van der Waals surface area contributed by atoms with Crippen LogP contribution in [0.15, 0.2) is 24.4 Å². The van der Waals surface area contributed by atoms with E-state index < -0.39 is 0 Å². The minimum Gasteiger partial charge on any atom is -0.392 e. The molecule has 1 N–H and O–H groups in total. The van der Waals surface area contributed by atoms with E-state index in [1.54, 1.807) is 0 Å². The lowest BCUT2D eigenvalue weighted by Gasteiger charge is -2.42. The lowest BCUT2D eigenvalue weighted by Crippen LogP contribution is -2.49. The molecular formula is C29H42N4O. The Balaban J connectivity index is 1.37. The van der Waals surface area contributed by atoms with Crippen molar-refractivity contribution < 1.29 is 5.11 Å². The van der Waals surface area contributed by atoms with Gasteiger partial charge in [0.1, 0.15) is 5.82 Å². The van der Waals surface area contributed by atoms with Gasteiger partial charge in [0, 0.05) is 43.0 Å². The Labute approximate surface area is 205 Å². The molecule has 5 heteroatoms. The highest BCUT2D eigenvalue weighted by atomic mass is 16.3. The SMILES string of the molecule is Cc1cnc(-c2ccc3c(c2)C(C)(C)CCC3(C)C)nc1N1CCC(N2CCCC(O)C2)CC1. The van der Waals surface area contributed by atoms with Crippen LogP contribution in [0.3, 0.4) is 0 Å². The number of piperidine rings is 2. The molecule has 0 saturated carbocycles. The molecule has 0 spiro atoms. The van der Waals surface area contributed by atoms with Gasteiger partial charge < -0.3 is 10.0 Å². The molecule has 184 valence electrons. The molecule has 2 saturated heterocycles. The standard InChI is InChI=1S/C29H42N4O/c1-20-18-30-26(21-8-9-24-25(17-21)29(4,5)13-12-28(24,2)3)31-27(20)32-15-10-22(11-16-32)33-14-6-7-23(34)19-33/h8-9,17-18,22-23,34H,6-7,10-16,19H2,1-5H3. The summed E-state index contributed by atoms with van der Waals surface area (Å²) in [5.41, 5.74) is 5.61. The Morgan fingerprint density at radius 2 is 1.65 bits per heavy atom. The molecular weight excluding hydrogens is 420 g/mol. The zero-order chi connectivity index (χ0) is 24.1. The first-order chi connectivity index (χ1) is 16.1. The molecule has 1 unspecified atom stereocenters. The van der Waals surface area contributed by atoms with Gasteiger partial charge in [-0.15, -0.1) is 0 Å². The quantitative estimate of drug-likeness (QED) is 0.677. The molecule has 1 atom stereocenters. The Bertz CT molecular complexity index is 1040. The first kappa shape index (κ1) is 23.7. The van der Waals surface area contributed by atoms with Gasteiger partial charge in [0.15, 0.2) is 5.82 Å². The van der Waals surface area contributed by atoms with Crippen molar-refractivity contribution in [3.05, 3.63) is 41.1 Å². The fourth-order valence-electron chi connectivity index (χ4n) is 6.38. The van der Waals surface area contributed by atoms with E-state index in [9.17, 15) is 5.11 Å². The van der Waals surface area contributed by atoms with E-state index in [0.717, 1.165) is 74.6 Å². The highest BCUT2D eigenvalue weighted by molar-refractivity contribution is 5.62. The zero-order valence-electron chi connectivity index (χ0n) is 21.8. The summed E-state index contributed by atoms with van der Waals surface area (Å²) in [6.07, 6.45) is 8.62. The first-order valence-corrected chi connectivity index (χ1v) is 13.3. The molecule has 3 aliphatic rings. The van der Waals surface area contributed by atoms with Gasteiger partial charge in [-0.1, -0.05) is 39.8 Å². The van der Waals surface area contributed by atoms with Crippen molar-refractivity contribution >= 4 is 5.82 Å². The fourth-order valence-corrected chi connectivity index (χ4v) is 6.38. The number of hydrogen-bond donors (Lipinski definition) is 1. The lowest BCUT2D eigenvalue weighted by atomic mass is 9.63. The van der Waals surface area contributed by atoms with Crippen molar-refractivity contribution in [2.45, 2.75) is 96.1 Å². The predicted molar refractivity (Wildman–Crippen MR) is 140 cm³/mol. The zero-order valence-corrected chi connectivity index (χ0v) is 21.8. The number of aromatic nitrogens is 2. The monoisotopic (exact) mass is 462 g/mol. The van der Waals surface area contributed by atoms with Gasteiger partial charge in [-0.2, -0.15) is 0 Å². The second-order valence-electron chi connectivity index (χ2n) is 12.2. The molecule has 1 aromatic carbocycles. The number of anilines is 1. The highest BCUT2D eigenvalue weighted by Crippen LogP contribution is 2.46. The summed E-state index contributed by atoms with van der Waals surface area (Å²) < 4.78 is 0. The number of nitrogens with zero attached hydrogens (tertiary/aromatic N) is 4. The Morgan fingerprint density at radius 1 is 0.941 bits per heavy atom. The van der Waals surface area contributed by atoms with E-state index in [2.05, 4.69) is 62.6 Å². The summed E-state index contributed by atoms with van der Waals surface area (Å²) in [7, 11) is 0. The van der Waals surface area contributed by atoms with Crippen LogP contribution in [0.25, 0.3) is 11.4 Å². The molecule has 5 nitrogen and oxygen atoms in total. The average Bonchev–Trinajstić information content (AvgIpc) is 2.82. The maximum atomic E-state index is 10.1. The van der Waals surface area contributed by atoms with Gasteiger partial charge in [-0.05, 0) is 80.0 Å². The molecule has 0 bridgehead atoms. The van der Waals surface area contributed by atoms with E-state index in [1.165, 1.54) is 24.0 Å². The van der Waals surface area contributed by atoms with Crippen LogP contribution in [0.1, 0.15) is 82.9 Å². The summed E-state index contributed by atoms with van der Waals surface area (Å²) in [5, 5.41) is 10.1. The maximum Gasteiger partial charge on any atom is 0.161 e. The topological polar surface area (TPSA) is 52.5 Å². The van der Waals surface area contributed by atoms with Crippen LogP contribution in [0.4, 0.5) is 5.82 Å². The van der Waals surface area contributed by atoms with Gasteiger partial charge in [-0.3, -0.25) is 4.90 Å². The number of likely N-dealkylation sites (tertiary alicyclic amines) is 1. The Morgan fingerprint density at radius 3 is 2.35 bits per heavy atom. The van der Waals surface area contributed by atoms with Crippen LogP contribution in [0, 0.1) is 6.92 Å². The first-order valence-electron chi connectivity index (χ1n) is 13.3. The predicted octanol–water partition coefficient (Wildman–Crippen LogP) is 5.23. The molecule has 0 amide bonds. The number of aliphatic hydroxyl groups is 1. The van der Waals surface area contributed by atoms with Crippen molar-refractivity contribution in [2.75, 3.05) is 31.1 Å². The van der Waals surface area contributed by atoms with Crippen LogP contribution < -0.4 is 4.90 Å². The molecule has 0 radical (unpaired) electrons. The number of rotatable bonds is 3. The third-order valence-electron chi connectivity index (χ3n) is 8.76. The second-order valence-corrected chi connectivity index (χ2v) is 12.2. The van der Waals surface area contributed by atoms with Gasteiger partial charge in [0.2, 0.25) is 0 Å². The van der Waals surface area contributed by atoms with Crippen LogP contribution in [0.5, 0.6) is 0 Å². The van der Waals surface area contributed by atoms with Crippen LogP contribution >= 0.6 is 0 Å². The van der Waals surface area contributed by atoms with Crippen molar-refractivity contribution in [3.63, 3.8) is 0 Å². The van der Waals surface area contributed by atoms with Crippen LogP contribution in [0.2, 0.25) is 0 Å². The van der Waals surface area contributed by atoms with E-state index in [0.29, 0.717) is 6.04 Å². The lowest BCUT2D eigenvalue weighted by molar-refractivity contribution is 0.0398. The second kappa shape index (κ2) is 8.91. The average molecular weight is 463 g/mol. The fraction of sp³-hybridized carbons (Fsp3) is 0.655. The van der Waals surface area contributed by atoms with Crippen LogP contribution in [-0.4, -0.2) is 58.3 Å².